The number of nitrogens with one attached hydrogen (secondary N) is 2. The second-order valence-electron chi connectivity index (χ2n) is 8.40. The van der Waals surface area contributed by atoms with Crippen LogP contribution in [0.3, 0.4) is 0 Å². The molecule has 4 atom stereocenters. The van der Waals surface area contributed by atoms with Gasteiger partial charge < -0.3 is 25.6 Å². The molecule has 4 N–H and O–H groups in total. The number of carbonyl (C=O) groups is 3. The Morgan fingerprint density at radius 3 is 1.97 bits per heavy atom. The first-order valence-corrected chi connectivity index (χ1v) is 11.1. The van der Waals surface area contributed by atoms with Crippen molar-refractivity contribution in [3.63, 3.8) is 0 Å². The third-order valence-electron chi connectivity index (χ3n) is 6.16. The summed E-state index contributed by atoms with van der Waals surface area (Å²) in [6.45, 7) is 5.00. The Hall–Kier alpha value is -3.39. The highest BCUT2D eigenvalue weighted by Gasteiger charge is 2.33. The van der Waals surface area contributed by atoms with Gasteiger partial charge in [0.25, 0.3) is 0 Å². The number of aliphatic hydroxyl groups is 1. The number of fused-ring (bicyclic) bond motifs is 3. The molecule has 0 heterocycles. The van der Waals surface area contributed by atoms with Crippen LogP contribution in [0.4, 0.5) is 4.79 Å². The molecule has 8 nitrogen and oxygen atoms in total. The summed E-state index contributed by atoms with van der Waals surface area (Å²) < 4.78 is 5.52. The van der Waals surface area contributed by atoms with E-state index in [9.17, 15) is 24.6 Å². The SMILES string of the molecule is CC[C@H](C)[C@H](NC(=O)OCC1c2ccccc2-c2ccccc21)C(=O)NC(C(=O)O)C(C)O. The highest BCUT2D eigenvalue weighted by atomic mass is 16.5. The van der Waals surface area contributed by atoms with E-state index in [0.717, 1.165) is 22.3 Å². The van der Waals surface area contributed by atoms with Crippen LogP contribution in [0.25, 0.3) is 11.1 Å². The Morgan fingerprint density at radius 1 is 0.939 bits per heavy atom. The summed E-state index contributed by atoms with van der Waals surface area (Å²) in [7, 11) is 0. The number of aliphatic carboxylic acids is 1. The zero-order chi connectivity index (χ0) is 24.1. The van der Waals surface area contributed by atoms with Crippen molar-refractivity contribution in [2.45, 2.75) is 51.3 Å². The molecule has 0 saturated carbocycles. The minimum Gasteiger partial charge on any atom is -0.480 e. The lowest BCUT2D eigenvalue weighted by Gasteiger charge is -2.26. The topological polar surface area (TPSA) is 125 Å². The number of alkyl carbamates (subject to hydrolysis) is 1. The third-order valence-corrected chi connectivity index (χ3v) is 6.16. The van der Waals surface area contributed by atoms with Crippen molar-refractivity contribution in [1.29, 1.82) is 0 Å². The predicted octanol–water partition coefficient (Wildman–Crippen LogP) is 2.89. The van der Waals surface area contributed by atoms with Crippen molar-refractivity contribution in [3.05, 3.63) is 59.7 Å². The van der Waals surface area contributed by atoms with Gasteiger partial charge in [-0.2, -0.15) is 0 Å². The van der Waals surface area contributed by atoms with Gasteiger partial charge in [0.1, 0.15) is 12.6 Å². The summed E-state index contributed by atoms with van der Waals surface area (Å²) in [5, 5.41) is 23.8. The highest BCUT2D eigenvalue weighted by Crippen LogP contribution is 2.44. The number of ether oxygens (including phenoxy) is 1. The molecule has 1 aliphatic rings. The van der Waals surface area contributed by atoms with E-state index in [-0.39, 0.29) is 18.4 Å². The molecule has 2 aromatic rings. The van der Waals surface area contributed by atoms with Gasteiger partial charge in [-0.15, -0.1) is 0 Å². The number of hydrogen-bond acceptors (Lipinski definition) is 5. The third kappa shape index (κ3) is 5.34. The van der Waals surface area contributed by atoms with Crippen molar-refractivity contribution < 1.29 is 29.3 Å². The van der Waals surface area contributed by atoms with Gasteiger partial charge in [0.15, 0.2) is 6.04 Å². The smallest absolute Gasteiger partial charge is 0.407 e. The largest absolute Gasteiger partial charge is 0.480 e. The van der Waals surface area contributed by atoms with E-state index in [1.54, 1.807) is 6.92 Å². The van der Waals surface area contributed by atoms with Crippen LogP contribution in [0, 0.1) is 5.92 Å². The van der Waals surface area contributed by atoms with E-state index >= 15 is 0 Å². The molecule has 0 saturated heterocycles. The maximum Gasteiger partial charge on any atom is 0.407 e. The van der Waals surface area contributed by atoms with Gasteiger partial charge in [0.05, 0.1) is 6.10 Å². The van der Waals surface area contributed by atoms with Crippen LogP contribution in [-0.4, -0.2) is 53.0 Å². The Bertz CT molecular complexity index is 976. The monoisotopic (exact) mass is 454 g/mol. The molecule has 33 heavy (non-hydrogen) atoms. The average Bonchev–Trinajstić information content (AvgIpc) is 3.12. The lowest BCUT2D eigenvalue weighted by atomic mass is 9.97. The van der Waals surface area contributed by atoms with Crippen LogP contribution in [0.2, 0.25) is 0 Å². The minimum absolute atomic E-state index is 0.0974. The molecule has 0 bridgehead atoms. The van der Waals surface area contributed by atoms with Gasteiger partial charge >= 0.3 is 12.1 Å². The van der Waals surface area contributed by atoms with E-state index in [1.807, 2.05) is 55.5 Å². The molecule has 0 aliphatic heterocycles. The molecule has 0 fully saturated rings. The first kappa shape index (κ1) is 24.3. The number of carboxylic acid groups (broad SMARTS) is 1. The van der Waals surface area contributed by atoms with Crippen molar-refractivity contribution in [2.24, 2.45) is 5.92 Å². The fourth-order valence-corrected chi connectivity index (χ4v) is 4.10. The number of carbonyl (C=O) groups excluding carboxylic acids is 2. The van der Waals surface area contributed by atoms with Gasteiger partial charge in [0.2, 0.25) is 5.91 Å². The molecule has 0 spiro atoms. The quantitative estimate of drug-likeness (QED) is 0.462. The predicted molar refractivity (Wildman–Crippen MR) is 123 cm³/mol. The molecule has 2 aromatic carbocycles. The maximum absolute atomic E-state index is 12.7. The van der Waals surface area contributed by atoms with Gasteiger partial charge in [0, 0.05) is 5.92 Å². The first-order valence-electron chi connectivity index (χ1n) is 11.1. The highest BCUT2D eigenvalue weighted by molar-refractivity contribution is 5.89. The van der Waals surface area contributed by atoms with Crippen molar-refractivity contribution in [3.8, 4) is 11.1 Å². The summed E-state index contributed by atoms with van der Waals surface area (Å²) in [6, 6.07) is 13.5. The zero-order valence-electron chi connectivity index (χ0n) is 18.9. The molecule has 8 heteroatoms. The van der Waals surface area contributed by atoms with Crippen molar-refractivity contribution >= 4 is 18.0 Å². The van der Waals surface area contributed by atoms with Crippen LogP contribution in [0.15, 0.2) is 48.5 Å². The van der Waals surface area contributed by atoms with Gasteiger partial charge in [-0.1, -0.05) is 68.8 Å². The fourth-order valence-electron chi connectivity index (χ4n) is 4.10. The summed E-state index contributed by atoms with van der Waals surface area (Å²) >= 11 is 0. The second kappa shape index (κ2) is 10.5. The fraction of sp³-hybridized carbons (Fsp3) is 0.400. The van der Waals surface area contributed by atoms with Crippen molar-refractivity contribution in [2.75, 3.05) is 6.61 Å². The summed E-state index contributed by atoms with van der Waals surface area (Å²) in [5.41, 5.74) is 4.36. The summed E-state index contributed by atoms with van der Waals surface area (Å²) in [6.07, 6.45) is -1.49. The van der Waals surface area contributed by atoms with Crippen LogP contribution >= 0.6 is 0 Å². The number of benzene rings is 2. The first-order chi connectivity index (χ1) is 15.7. The number of carboxylic acids is 1. The Morgan fingerprint density at radius 2 is 1.48 bits per heavy atom. The number of rotatable bonds is 9. The van der Waals surface area contributed by atoms with Crippen molar-refractivity contribution in [1.82, 2.24) is 10.6 Å². The van der Waals surface area contributed by atoms with Crippen LogP contribution < -0.4 is 10.6 Å². The Kier molecular flexibility index (Phi) is 7.71. The second-order valence-corrected chi connectivity index (χ2v) is 8.40. The molecule has 1 aliphatic carbocycles. The molecule has 0 aromatic heterocycles. The number of hydrogen-bond donors (Lipinski definition) is 4. The van der Waals surface area contributed by atoms with E-state index in [2.05, 4.69) is 10.6 Å². The molecule has 0 radical (unpaired) electrons. The average molecular weight is 455 g/mol. The normalized spacial score (nSPS) is 16.0. The molecular weight excluding hydrogens is 424 g/mol. The Balaban J connectivity index is 1.69. The molecule has 176 valence electrons. The maximum atomic E-state index is 12.7. The van der Waals surface area contributed by atoms with E-state index in [1.165, 1.54) is 6.92 Å². The van der Waals surface area contributed by atoms with Gasteiger partial charge in [-0.3, -0.25) is 4.79 Å². The minimum atomic E-state index is -1.48. The molecule has 2 unspecified atom stereocenters. The van der Waals surface area contributed by atoms with E-state index < -0.39 is 36.2 Å². The number of aliphatic hydroxyl groups excluding tert-OH is 1. The van der Waals surface area contributed by atoms with Crippen LogP contribution in [0.5, 0.6) is 0 Å². The molecule has 3 rings (SSSR count). The summed E-state index contributed by atoms with van der Waals surface area (Å²) in [5.74, 6) is -2.45. The lowest BCUT2D eigenvalue weighted by Crippen LogP contribution is -2.56. The lowest BCUT2D eigenvalue weighted by molar-refractivity contribution is -0.145. The van der Waals surface area contributed by atoms with E-state index in [0.29, 0.717) is 6.42 Å². The standard InChI is InChI=1S/C25H30N2O6/c1-4-14(2)21(23(29)26-22(15(3)28)24(30)31)27-25(32)33-13-20-18-11-7-5-9-16(18)17-10-6-8-12-19(17)20/h5-12,14-15,20-22,28H,4,13H2,1-3H3,(H,26,29)(H,27,32)(H,30,31)/t14-,15?,21-,22?/m0/s1. The number of amides is 2. The molecule has 2 amide bonds. The van der Waals surface area contributed by atoms with Crippen LogP contribution in [-0.2, 0) is 14.3 Å². The molecular formula is C25H30N2O6. The van der Waals surface area contributed by atoms with Crippen LogP contribution in [0.1, 0.15) is 44.2 Å². The zero-order valence-corrected chi connectivity index (χ0v) is 18.9. The summed E-state index contributed by atoms with van der Waals surface area (Å²) in [4.78, 5) is 36.7. The Labute approximate surface area is 193 Å². The van der Waals surface area contributed by atoms with E-state index in [4.69, 9.17) is 4.74 Å². The van der Waals surface area contributed by atoms with Gasteiger partial charge in [-0.05, 0) is 35.1 Å². The van der Waals surface area contributed by atoms with Gasteiger partial charge in [-0.25, -0.2) is 9.59 Å².